The molecule has 82 valence electrons. The first kappa shape index (κ1) is 13.1. The van der Waals surface area contributed by atoms with Crippen LogP contribution in [0.1, 0.15) is 6.92 Å². The van der Waals surface area contributed by atoms with E-state index in [4.69, 9.17) is 4.89 Å². The van der Waals surface area contributed by atoms with Crippen molar-refractivity contribution in [2.75, 3.05) is 12.7 Å². The number of hydrogen-bond acceptors (Lipinski definition) is 3. The second-order valence-corrected chi connectivity index (χ2v) is 3.86. The zero-order chi connectivity index (χ0) is 11.1. The van der Waals surface area contributed by atoms with Gasteiger partial charge in [-0.2, -0.15) is 0 Å². The number of hydrogen-bond donors (Lipinski definition) is 2. The number of alkyl halides is 1. The molecule has 0 aliphatic heterocycles. The number of carbonyl (C=O) groups excluding carboxylic acids is 1. The first-order chi connectivity index (χ1) is 6.41. The van der Waals surface area contributed by atoms with Crippen LogP contribution in [0.25, 0.3) is 0 Å². The molecule has 0 spiro atoms. The normalized spacial score (nSPS) is 14.2. The molecule has 1 unspecified atom stereocenters. The van der Waals surface area contributed by atoms with Crippen LogP contribution in [0.4, 0.5) is 9.18 Å². The molecule has 7 heteroatoms. The van der Waals surface area contributed by atoms with Crippen LogP contribution >= 0.6 is 8.03 Å². The standard InChI is InChI=1S/C7H13FNO4P/c1-5(2)13-7(10)9-3-6(8)4-14(11)12/h6,14H,1,3-4H2,2H3,(H,9,10)(H,11,12)/t6-/m1/s1. The minimum atomic E-state index is -2.84. The van der Waals surface area contributed by atoms with Crippen LogP contribution in [0, 0.1) is 0 Å². The minimum Gasteiger partial charge on any atom is -0.416 e. The Balaban J connectivity index is 3.66. The Morgan fingerprint density at radius 3 is 2.79 bits per heavy atom. The van der Waals surface area contributed by atoms with Crippen LogP contribution < -0.4 is 5.32 Å². The van der Waals surface area contributed by atoms with E-state index < -0.39 is 26.5 Å². The van der Waals surface area contributed by atoms with Crippen molar-refractivity contribution in [2.45, 2.75) is 13.1 Å². The van der Waals surface area contributed by atoms with Gasteiger partial charge in [0.1, 0.15) is 6.17 Å². The molecular weight excluding hydrogens is 212 g/mol. The number of allylic oxidation sites excluding steroid dienone is 1. The van der Waals surface area contributed by atoms with Crippen LogP contribution in [0.15, 0.2) is 12.3 Å². The second-order valence-electron chi connectivity index (χ2n) is 2.67. The summed E-state index contributed by atoms with van der Waals surface area (Å²) in [4.78, 5) is 19.1. The van der Waals surface area contributed by atoms with E-state index >= 15 is 0 Å². The van der Waals surface area contributed by atoms with Crippen LogP contribution in [0.2, 0.25) is 0 Å². The van der Waals surface area contributed by atoms with Crippen molar-refractivity contribution in [1.82, 2.24) is 5.32 Å². The van der Waals surface area contributed by atoms with Crippen LogP contribution in [-0.4, -0.2) is 29.9 Å². The first-order valence-corrected chi connectivity index (χ1v) is 5.45. The molecule has 0 fully saturated rings. The quantitative estimate of drug-likeness (QED) is 0.541. The molecule has 0 bridgehead atoms. The largest absolute Gasteiger partial charge is 0.416 e. The lowest BCUT2D eigenvalue weighted by Gasteiger charge is -2.08. The molecule has 0 aromatic carbocycles. The zero-order valence-electron chi connectivity index (χ0n) is 7.75. The number of nitrogens with one attached hydrogen (secondary N) is 1. The Kier molecular flexibility index (Phi) is 6.16. The lowest BCUT2D eigenvalue weighted by Crippen LogP contribution is -2.31. The SMILES string of the molecule is C=C(C)OC(=O)NC[C@@H](F)C[PH](=O)O. The molecule has 0 saturated heterocycles. The molecule has 0 rings (SSSR count). The van der Waals surface area contributed by atoms with Crippen molar-refractivity contribution in [3.05, 3.63) is 12.3 Å². The monoisotopic (exact) mass is 225 g/mol. The van der Waals surface area contributed by atoms with Gasteiger partial charge < -0.3 is 14.9 Å². The Hall–Kier alpha value is -0.870. The summed E-state index contributed by atoms with van der Waals surface area (Å²) in [6.07, 6.45) is -2.82. The molecule has 2 N–H and O–H groups in total. The Morgan fingerprint density at radius 1 is 1.79 bits per heavy atom. The lowest BCUT2D eigenvalue weighted by atomic mass is 10.4. The number of alkyl carbamates (subject to hydrolysis) is 1. The van der Waals surface area contributed by atoms with Crippen LogP contribution in [-0.2, 0) is 9.30 Å². The maximum atomic E-state index is 12.7. The third-order valence-corrected chi connectivity index (χ3v) is 1.92. The van der Waals surface area contributed by atoms with Gasteiger partial charge in [-0.25, -0.2) is 9.18 Å². The van der Waals surface area contributed by atoms with Crippen molar-refractivity contribution in [1.29, 1.82) is 0 Å². The molecule has 1 amide bonds. The van der Waals surface area contributed by atoms with E-state index in [9.17, 15) is 13.8 Å². The highest BCUT2D eigenvalue weighted by molar-refractivity contribution is 7.38. The van der Waals surface area contributed by atoms with Gasteiger partial charge in [0.2, 0.25) is 0 Å². The number of ether oxygens (including phenoxy) is 1. The van der Waals surface area contributed by atoms with Gasteiger partial charge in [0.15, 0.2) is 8.03 Å². The number of carbonyl (C=O) groups is 1. The average Bonchev–Trinajstić information content (AvgIpc) is 1.98. The van der Waals surface area contributed by atoms with E-state index in [0.29, 0.717) is 0 Å². The molecule has 2 atom stereocenters. The van der Waals surface area contributed by atoms with Crippen LogP contribution in [0.5, 0.6) is 0 Å². The lowest BCUT2D eigenvalue weighted by molar-refractivity contribution is 0.173. The van der Waals surface area contributed by atoms with Crippen molar-refractivity contribution < 1.29 is 23.4 Å². The number of rotatable bonds is 5. The van der Waals surface area contributed by atoms with Crippen molar-refractivity contribution in [2.24, 2.45) is 0 Å². The molecular formula is C7H13FNO4P. The topological polar surface area (TPSA) is 75.6 Å². The molecule has 0 aliphatic carbocycles. The summed E-state index contributed by atoms with van der Waals surface area (Å²) in [5.74, 6) is 0.189. The van der Waals surface area contributed by atoms with Crippen molar-refractivity contribution in [3.63, 3.8) is 0 Å². The van der Waals surface area contributed by atoms with E-state index in [2.05, 4.69) is 16.6 Å². The van der Waals surface area contributed by atoms with Crippen molar-refractivity contribution in [3.8, 4) is 0 Å². The Labute approximate surface area is 81.8 Å². The van der Waals surface area contributed by atoms with Gasteiger partial charge in [-0.1, -0.05) is 6.58 Å². The molecule has 0 radical (unpaired) electrons. The smallest absolute Gasteiger partial charge is 0.412 e. The number of amides is 1. The summed E-state index contributed by atoms with van der Waals surface area (Å²) in [6.45, 7) is 4.44. The molecule has 0 aromatic rings. The molecule has 5 nitrogen and oxygen atoms in total. The highest BCUT2D eigenvalue weighted by Crippen LogP contribution is 2.15. The van der Waals surface area contributed by atoms with E-state index in [1.165, 1.54) is 6.92 Å². The fourth-order valence-corrected chi connectivity index (χ4v) is 1.17. The highest BCUT2D eigenvalue weighted by atomic mass is 31.1. The predicted molar refractivity (Wildman–Crippen MR) is 50.3 cm³/mol. The second kappa shape index (κ2) is 6.56. The molecule has 0 aliphatic rings. The summed E-state index contributed by atoms with van der Waals surface area (Å²) in [5.41, 5.74) is 0. The van der Waals surface area contributed by atoms with Crippen molar-refractivity contribution >= 4 is 14.1 Å². The molecule has 0 saturated carbocycles. The summed E-state index contributed by atoms with van der Waals surface area (Å²) < 4.78 is 27.4. The van der Waals surface area contributed by atoms with Gasteiger partial charge in [-0.3, -0.25) is 4.57 Å². The highest BCUT2D eigenvalue weighted by Gasteiger charge is 2.11. The Bertz CT molecular complexity index is 246. The van der Waals surface area contributed by atoms with Gasteiger partial charge in [-0.15, -0.1) is 0 Å². The maximum Gasteiger partial charge on any atom is 0.412 e. The van der Waals surface area contributed by atoms with Gasteiger partial charge in [0.25, 0.3) is 0 Å². The van der Waals surface area contributed by atoms with E-state index in [1.54, 1.807) is 0 Å². The fraction of sp³-hybridized carbons (Fsp3) is 0.571. The predicted octanol–water partition coefficient (Wildman–Crippen LogP) is 1.05. The Morgan fingerprint density at radius 2 is 2.36 bits per heavy atom. The average molecular weight is 225 g/mol. The number of halogens is 1. The summed E-state index contributed by atoms with van der Waals surface area (Å²) in [5, 5.41) is 2.09. The summed E-state index contributed by atoms with van der Waals surface area (Å²) >= 11 is 0. The molecule has 14 heavy (non-hydrogen) atoms. The zero-order valence-corrected chi connectivity index (χ0v) is 8.75. The first-order valence-electron chi connectivity index (χ1n) is 3.89. The maximum absolute atomic E-state index is 12.7. The molecule has 0 heterocycles. The van der Waals surface area contributed by atoms with Gasteiger partial charge in [0, 0.05) is 0 Å². The van der Waals surface area contributed by atoms with E-state index in [-0.39, 0.29) is 12.3 Å². The van der Waals surface area contributed by atoms with Gasteiger partial charge in [-0.05, 0) is 6.92 Å². The van der Waals surface area contributed by atoms with E-state index in [1.807, 2.05) is 0 Å². The third-order valence-electron chi connectivity index (χ3n) is 1.13. The third kappa shape index (κ3) is 7.76. The van der Waals surface area contributed by atoms with Gasteiger partial charge in [0.05, 0.1) is 18.5 Å². The van der Waals surface area contributed by atoms with Crippen LogP contribution in [0.3, 0.4) is 0 Å². The van der Waals surface area contributed by atoms with Gasteiger partial charge >= 0.3 is 6.09 Å². The summed E-state index contributed by atoms with van der Waals surface area (Å²) in [6, 6.07) is 0. The molecule has 0 aromatic heterocycles. The van der Waals surface area contributed by atoms with E-state index in [0.717, 1.165) is 0 Å². The minimum absolute atomic E-state index is 0.189. The summed E-state index contributed by atoms with van der Waals surface area (Å²) in [7, 11) is -2.84. The fourth-order valence-electron chi connectivity index (χ4n) is 0.650.